The molecule has 17 heavy (non-hydrogen) atoms. The van der Waals surface area contributed by atoms with E-state index in [4.69, 9.17) is 8.83 Å². The van der Waals surface area contributed by atoms with Crippen molar-refractivity contribution < 1.29 is 8.83 Å². The second-order valence-electron chi connectivity index (χ2n) is 3.59. The highest BCUT2D eigenvalue weighted by molar-refractivity contribution is 5.44. The van der Waals surface area contributed by atoms with Crippen LogP contribution in [0.1, 0.15) is 11.5 Å². The third-order valence-electron chi connectivity index (χ3n) is 2.40. The number of aromatic nitrogens is 4. The number of hydrogen-bond donors (Lipinski definition) is 0. The van der Waals surface area contributed by atoms with Crippen molar-refractivity contribution in [3.8, 4) is 11.7 Å². The first kappa shape index (κ1) is 9.83. The van der Waals surface area contributed by atoms with Crippen molar-refractivity contribution in [3.05, 3.63) is 42.5 Å². The Morgan fingerprint density at radius 3 is 3.06 bits per heavy atom. The van der Waals surface area contributed by atoms with Gasteiger partial charge in [0, 0.05) is 0 Å². The third kappa shape index (κ3) is 1.84. The molecule has 0 saturated carbocycles. The number of hydrogen-bond acceptors (Lipinski definition) is 5. The molecule has 0 saturated heterocycles. The molecule has 0 N–H and O–H groups in total. The zero-order chi connectivity index (χ0) is 11.7. The predicted octanol–water partition coefficient (Wildman–Crippen LogP) is 1.88. The quantitative estimate of drug-likeness (QED) is 0.687. The van der Waals surface area contributed by atoms with Gasteiger partial charge in [-0.05, 0) is 19.1 Å². The molecule has 0 unspecified atom stereocenters. The summed E-state index contributed by atoms with van der Waals surface area (Å²) in [6, 6.07) is 3.61. The van der Waals surface area contributed by atoms with Gasteiger partial charge in [0.05, 0.1) is 12.8 Å². The lowest BCUT2D eigenvalue weighted by atomic mass is 10.4. The van der Waals surface area contributed by atoms with E-state index >= 15 is 0 Å². The van der Waals surface area contributed by atoms with E-state index in [-0.39, 0.29) is 0 Å². The van der Waals surface area contributed by atoms with Crippen LogP contribution < -0.4 is 0 Å². The molecule has 3 heterocycles. The van der Waals surface area contributed by atoms with Crippen LogP contribution in [0, 0.1) is 6.92 Å². The van der Waals surface area contributed by atoms with Gasteiger partial charge in [-0.25, -0.2) is 14.6 Å². The van der Waals surface area contributed by atoms with Gasteiger partial charge in [0.15, 0.2) is 5.76 Å². The van der Waals surface area contributed by atoms with E-state index in [2.05, 4.69) is 15.1 Å². The van der Waals surface area contributed by atoms with E-state index in [0.717, 1.165) is 11.5 Å². The molecule has 3 aromatic heterocycles. The van der Waals surface area contributed by atoms with Gasteiger partial charge >= 0.3 is 0 Å². The van der Waals surface area contributed by atoms with E-state index < -0.39 is 0 Å². The average Bonchev–Trinajstić information content (AvgIpc) is 3.02. The van der Waals surface area contributed by atoms with Crippen molar-refractivity contribution in [2.45, 2.75) is 13.5 Å². The van der Waals surface area contributed by atoms with Crippen molar-refractivity contribution in [2.24, 2.45) is 0 Å². The molecule has 3 aromatic rings. The second kappa shape index (κ2) is 3.89. The zero-order valence-electron chi connectivity index (χ0n) is 9.20. The zero-order valence-corrected chi connectivity index (χ0v) is 9.20. The monoisotopic (exact) mass is 230 g/mol. The molecule has 0 amide bonds. The van der Waals surface area contributed by atoms with Crippen LogP contribution in [0.4, 0.5) is 0 Å². The molecule has 0 aliphatic heterocycles. The lowest BCUT2D eigenvalue weighted by molar-refractivity contribution is 0.498. The van der Waals surface area contributed by atoms with Crippen molar-refractivity contribution in [1.82, 2.24) is 19.7 Å². The number of furan rings is 1. The molecular formula is C11H10N4O2. The van der Waals surface area contributed by atoms with Gasteiger partial charge in [0.1, 0.15) is 24.1 Å². The molecule has 0 aliphatic rings. The molecule has 3 rings (SSSR count). The van der Waals surface area contributed by atoms with Gasteiger partial charge in [-0.15, -0.1) is 0 Å². The normalized spacial score (nSPS) is 10.9. The van der Waals surface area contributed by atoms with E-state index in [1.54, 1.807) is 23.3 Å². The topological polar surface area (TPSA) is 69.9 Å². The van der Waals surface area contributed by atoms with Crippen LogP contribution in [0.25, 0.3) is 11.7 Å². The Kier molecular flexibility index (Phi) is 2.25. The molecule has 86 valence electrons. The third-order valence-corrected chi connectivity index (χ3v) is 2.40. The summed E-state index contributed by atoms with van der Waals surface area (Å²) in [5, 5.41) is 4.03. The van der Waals surface area contributed by atoms with Crippen LogP contribution in [0.5, 0.6) is 0 Å². The molecule has 0 aromatic carbocycles. The molecule has 0 radical (unpaired) electrons. The molecule has 6 nitrogen and oxygen atoms in total. The van der Waals surface area contributed by atoms with E-state index in [9.17, 15) is 0 Å². The van der Waals surface area contributed by atoms with Crippen molar-refractivity contribution in [3.63, 3.8) is 0 Å². The molecule has 0 fully saturated rings. The highest BCUT2D eigenvalue weighted by Gasteiger charge is 2.13. The lowest BCUT2D eigenvalue weighted by Crippen LogP contribution is -2.01. The highest BCUT2D eigenvalue weighted by atomic mass is 16.4. The van der Waals surface area contributed by atoms with Crippen molar-refractivity contribution >= 4 is 0 Å². The van der Waals surface area contributed by atoms with Gasteiger partial charge in [0.2, 0.25) is 0 Å². The number of nitrogens with zero attached hydrogens (tertiary/aromatic N) is 4. The molecule has 6 heteroatoms. The maximum atomic E-state index is 5.54. The van der Waals surface area contributed by atoms with E-state index in [1.165, 1.54) is 6.33 Å². The minimum atomic E-state index is 0.489. The lowest BCUT2D eigenvalue weighted by Gasteiger charge is -1.95. The fourth-order valence-electron chi connectivity index (χ4n) is 1.55. The summed E-state index contributed by atoms with van der Waals surface area (Å²) in [5.41, 5.74) is 0.821. The highest BCUT2D eigenvalue weighted by Crippen LogP contribution is 2.22. The minimum Gasteiger partial charge on any atom is -0.459 e. The van der Waals surface area contributed by atoms with Gasteiger partial charge in [-0.1, -0.05) is 0 Å². The standard InChI is InChI=1S/C11H10N4O2/c1-8-9(5-15-7-12-6-13-15)14-11(17-8)10-3-2-4-16-10/h2-4,6-7H,5H2,1H3. The Balaban J connectivity index is 1.91. The van der Waals surface area contributed by atoms with Gasteiger partial charge < -0.3 is 8.83 Å². The van der Waals surface area contributed by atoms with Crippen LogP contribution in [0.15, 0.2) is 39.9 Å². The molecular weight excluding hydrogens is 220 g/mol. The molecule has 0 aliphatic carbocycles. The summed E-state index contributed by atoms with van der Waals surface area (Å²) in [5.74, 6) is 1.87. The van der Waals surface area contributed by atoms with Crippen LogP contribution in [0.2, 0.25) is 0 Å². The average molecular weight is 230 g/mol. The SMILES string of the molecule is Cc1oc(-c2ccco2)nc1Cn1cncn1. The molecule has 0 atom stereocenters. The first-order chi connectivity index (χ1) is 8.33. The summed E-state index contributed by atoms with van der Waals surface area (Å²) in [6.07, 6.45) is 4.72. The Morgan fingerprint density at radius 1 is 1.41 bits per heavy atom. The Morgan fingerprint density at radius 2 is 2.35 bits per heavy atom. The first-order valence-corrected chi connectivity index (χ1v) is 5.15. The maximum absolute atomic E-state index is 5.54. The summed E-state index contributed by atoms with van der Waals surface area (Å²) in [7, 11) is 0. The molecule has 0 bridgehead atoms. The van der Waals surface area contributed by atoms with Crippen LogP contribution in [-0.2, 0) is 6.54 Å². The van der Waals surface area contributed by atoms with E-state index in [1.807, 2.05) is 13.0 Å². The van der Waals surface area contributed by atoms with Crippen LogP contribution in [-0.4, -0.2) is 19.7 Å². The number of oxazole rings is 1. The Labute approximate surface area is 96.9 Å². The summed E-state index contributed by atoms with van der Waals surface area (Å²) >= 11 is 0. The predicted molar refractivity (Wildman–Crippen MR) is 58.1 cm³/mol. The Bertz CT molecular complexity index is 596. The second-order valence-corrected chi connectivity index (χ2v) is 3.59. The van der Waals surface area contributed by atoms with Crippen LogP contribution in [0.3, 0.4) is 0 Å². The fourth-order valence-corrected chi connectivity index (χ4v) is 1.55. The Hall–Kier alpha value is -2.37. The summed E-state index contributed by atoms with van der Waals surface area (Å²) in [6.45, 7) is 2.40. The summed E-state index contributed by atoms with van der Waals surface area (Å²) in [4.78, 5) is 8.26. The fraction of sp³-hybridized carbons (Fsp3) is 0.182. The number of rotatable bonds is 3. The molecule has 0 spiro atoms. The first-order valence-electron chi connectivity index (χ1n) is 5.15. The van der Waals surface area contributed by atoms with Crippen molar-refractivity contribution in [2.75, 3.05) is 0 Å². The van der Waals surface area contributed by atoms with Gasteiger partial charge in [-0.3, -0.25) is 0 Å². The van der Waals surface area contributed by atoms with E-state index in [0.29, 0.717) is 18.2 Å². The van der Waals surface area contributed by atoms with Gasteiger partial charge in [0.25, 0.3) is 5.89 Å². The van der Waals surface area contributed by atoms with Gasteiger partial charge in [-0.2, -0.15) is 5.10 Å². The number of aryl methyl sites for hydroxylation is 1. The largest absolute Gasteiger partial charge is 0.459 e. The van der Waals surface area contributed by atoms with Crippen LogP contribution >= 0.6 is 0 Å². The minimum absolute atomic E-state index is 0.489. The maximum Gasteiger partial charge on any atom is 0.263 e. The van der Waals surface area contributed by atoms with Crippen molar-refractivity contribution in [1.29, 1.82) is 0 Å². The summed E-state index contributed by atoms with van der Waals surface area (Å²) < 4.78 is 12.5. The smallest absolute Gasteiger partial charge is 0.263 e.